The first-order chi connectivity index (χ1) is 52.5. The largest absolute Gasteiger partial charge is 0.344 e. The molecule has 107 heavy (non-hydrogen) atoms. The van der Waals surface area contributed by atoms with E-state index in [4.69, 9.17) is 0 Å². The van der Waals surface area contributed by atoms with Crippen LogP contribution in [0.15, 0.2) is 328 Å². The number of nitrogens with zero attached hydrogens (tertiary/aromatic N) is 4. The van der Waals surface area contributed by atoms with E-state index in [-0.39, 0.29) is 0 Å². The second-order valence-electron chi connectivity index (χ2n) is 24.0. The van der Waals surface area contributed by atoms with E-state index in [1.807, 2.05) is 175 Å². The van der Waals surface area contributed by atoms with E-state index in [1.165, 1.54) is 133 Å². The van der Waals surface area contributed by atoms with Crippen LogP contribution in [0.4, 0.5) is 0 Å². The van der Waals surface area contributed by atoms with Crippen molar-refractivity contribution in [2.75, 3.05) is 42.3 Å². The Kier molecular flexibility index (Phi) is 43.6. The zero-order valence-corrected chi connectivity index (χ0v) is 69.7. The molecule has 0 saturated heterocycles. The average molecular weight is 1420 g/mol. The Hall–Kier alpha value is -10.6. The van der Waals surface area contributed by atoms with Crippen molar-refractivity contribution in [2.24, 2.45) is 14.1 Å². The first-order valence-electron chi connectivity index (χ1n) is 39.3. The molecule has 0 bridgehead atoms. The van der Waals surface area contributed by atoms with Gasteiger partial charge in [0.2, 0.25) is 0 Å². The van der Waals surface area contributed by atoms with Gasteiger partial charge in [-0.2, -0.15) is 0 Å². The molecular formula is C103H128N4. The van der Waals surface area contributed by atoms with Crippen LogP contribution < -0.4 is 0 Å². The topological polar surface area (TPSA) is 16.3 Å². The third-order valence-electron chi connectivity index (χ3n) is 16.2. The highest BCUT2D eigenvalue weighted by molar-refractivity contribution is 6.10. The molecule has 15 aromatic rings. The van der Waals surface area contributed by atoms with Crippen molar-refractivity contribution in [3.05, 3.63) is 339 Å². The number of aromatic nitrogens is 2. The van der Waals surface area contributed by atoms with Crippen molar-refractivity contribution >= 4 is 43.6 Å². The van der Waals surface area contributed by atoms with Gasteiger partial charge in [-0.05, 0) is 192 Å². The Morgan fingerprint density at radius 2 is 0.383 bits per heavy atom. The van der Waals surface area contributed by atoms with E-state index < -0.39 is 0 Å². The van der Waals surface area contributed by atoms with Gasteiger partial charge < -0.3 is 18.9 Å². The quantitative estimate of drug-likeness (QED) is 0.165. The molecule has 4 heteroatoms. The van der Waals surface area contributed by atoms with Gasteiger partial charge in [-0.15, -0.1) is 0 Å². The van der Waals surface area contributed by atoms with Crippen molar-refractivity contribution < 1.29 is 0 Å². The maximum absolute atomic E-state index is 2.32. The second-order valence-corrected chi connectivity index (χ2v) is 24.0. The number of hydrogen-bond donors (Lipinski definition) is 0. The fourth-order valence-electron chi connectivity index (χ4n) is 11.9. The normalized spacial score (nSPS) is 9.81. The summed E-state index contributed by atoms with van der Waals surface area (Å²) in [6.45, 7) is 32.0. The summed E-state index contributed by atoms with van der Waals surface area (Å²) >= 11 is 0. The third-order valence-corrected chi connectivity index (χ3v) is 16.2. The lowest BCUT2D eigenvalue weighted by atomic mass is 9.98. The highest BCUT2D eigenvalue weighted by atomic mass is 15.0. The van der Waals surface area contributed by atoms with Gasteiger partial charge in [-0.25, -0.2) is 0 Å². The molecule has 0 atom stereocenters. The Bertz CT molecular complexity index is 4520. The summed E-state index contributed by atoms with van der Waals surface area (Å²) in [4.78, 5) is 4.00. The molecule has 2 aromatic heterocycles. The van der Waals surface area contributed by atoms with Crippen LogP contribution in [0.2, 0.25) is 0 Å². The van der Waals surface area contributed by atoms with Crippen molar-refractivity contribution in [3.63, 3.8) is 0 Å². The van der Waals surface area contributed by atoms with Gasteiger partial charge in [0.05, 0.1) is 0 Å². The number of hydrogen-bond acceptors (Lipinski definition) is 2. The highest BCUT2D eigenvalue weighted by Crippen LogP contribution is 2.38. The number of aryl methyl sites for hydroxylation is 2. The summed E-state index contributed by atoms with van der Waals surface area (Å²) in [7, 11) is 16.3. The molecule has 0 fully saturated rings. The van der Waals surface area contributed by atoms with Gasteiger partial charge in [0.1, 0.15) is 0 Å². The Labute approximate surface area is 648 Å². The van der Waals surface area contributed by atoms with Gasteiger partial charge >= 0.3 is 0 Å². The smallest absolute Gasteiger partial charge is 0.0489 e. The number of benzene rings is 13. The van der Waals surface area contributed by atoms with Crippen LogP contribution in [0.5, 0.6) is 0 Å². The summed E-state index contributed by atoms with van der Waals surface area (Å²) < 4.78 is 4.55. The molecule has 0 saturated carbocycles. The fraction of sp³-hybridized carbons (Fsp3) is 0.243. The zero-order valence-electron chi connectivity index (χ0n) is 69.7. The van der Waals surface area contributed by atoms with Crippen molar-refractivity contribution in [3.8, 4) is 77.9 Å². The van der Waals surface area contributed by atoms with E-state index in [2.05, 4.69) is 339 Å². The van der Waals surface area contributed by atoms with Crippen LogP contribution in [0, 0.1) is 0 Å². The van der Waals surface area contributed by atoms with Gasteiger partial charge in [-0.3, -0.25) is 0 Å². The summed E-state index contributed by atoms with van der Waals surface area (Å²) in [6.07, 6.45) is 1.10. The Morgan fingerprint density at radius 3 is 0.654 bits per heavy atom. The monoisotopic (exact) mass is 1420 g/mol. The Balaban J connectivity index is 0.000000343. The molecule has 16 rings (SSSR count). The summed E-state index contributed by atoms with van der Waals surface area (Å²) in [5.74, 6) is 0. The molecule has 1 aliphatic rings. The predicted molar refractivity (Wildman–Crippen MR) is 485 cm³/mol. The van der Waals surface area contributed by atoms with Crippen LogP contribution in [0.3, 0.4) is 0 Å². The molecule has 0 unspecified atom stereocenters. The van der Waals surface area contributed by atoms with Crippen molar-refractivity contribution in [1.29, 1.82) is 0 Å². The lowest BCUT2D eigenvalue weighted by Gasteiger charge is -2.07. The first kappa shape index (κ1) is 90.6. The highest BCUT2D eigenvalue weighted by Gasteiger charge is 2.17. The molecule has 0 aliphatic heterocycles. The molecule has 2 heterocycles. The van der Waals surface area contributed by atoms with E-state index in [0.29, 0.717) is 0 Å². The van der Waals surface area contributed by atoms with E-state index in [9.17, 15) is 0 Å². The lowest BCUT2D eigenvalue weighted by molar-refractivity contribution is 0.505. The molecule has 0 N–H and O–H groups in total. The van der Waals surface area contributed by atoms with E-state index >= 15 is 0 Å². The van der Waals surface area contributed by atoms with Gasteiger partial charge in [0.15, 0.2) is 0 Å². The summed E-state index contributed by atoms with van der Waals surface area (Å²) in [5.41, 5.74) is 25.9. The standard InChI is InChI=1S/2C25H19N.C18H14.C13H10.2C3H9N.8C2H6/c2*1-26-24-13-6-5-12-22(24)23-17-21(14-15-25(23)26)20-11-7-10-19(16-20)18-8-3-2-4-9-18;1-3-8-15(9-4-1)17-12-7-13-18(14-17)16-10-5-2-6-11-16;1-3-7-12-10(5-1)9-11-6-2-4-8-13(11)12;2*1-4(2)3;8*1-2/h2*2-17H,1H3;1-14H;1-8H,9H2;2*1-3H3;8*1-2H3. The van der Waals surface area contributed by atoms with Gasteiger partial charge in [0.25, 0.3) is 0 Å². The molecule has 0 amide bonds. The molecule has 13 aromatic carbocycles. The molecule has 0 spiro atoms. The lowest BCUT2D eigenvalue weighted by Crippen LogP contribution is -1.99. The van der Waals surface area contributed by atoms with Crippen LogP contribution in [0.1, 0.15) is 122 Å². The molecular weight excluding hydrogens is 1290 g/mol. The summed E-state index contributed by atoms with van der Waals surface area (Å²) in [5, 5.41) is 5.24. The minimum Gasteiger partial charge on any atom is -0.344 e. The average Bonchev–Trinajstić information content (AvgIpc) is 1.61. The first-order valence-corrected chi connectivity index (χ1v) is 39.3. The van der Waals surface area contributed by atoms with Crippen molar-refractivity contribution in [1.82, 2.24) is 18.9 Å². The van der Waals surface area contributed by atoms with Crippen molar-refractivity contribution in [2.45, 2.75) is 117 Å². The number of rotatable bonds is 6. The molecule has 4 nitrogen and oxygen atoms in total. The fourth-order valence-corrected chi connectivity index (χ4v) is 11.9. The molecule has 560 valence electrons. The van der Waals surface area contributed by atoms with Gasteiger partial charge in [0, 0.05) is 57.7 Å². The maximum atomic E-state index is 2.32. The van der Waals surface area contributed by atoms with Crippen LogP contribution in [-0.4, -0.2) is 61.2 Å². The Morgan fingerprint density at radius 1 is 0.187 bits per heavy atom. The third kappa shape index (κ3) is 26.4. The predicted octanol–water partition coefficient (Wildman–Crippen LogP) is 30.2. The number of para-hydroxylation sites is 2. The van der Waals surface area contributed by atoms with E-state index in [1.54, 1.807) is 0 Å². The van der Waals surface area contributed by atoms with Gasteiger partial charge in [-0.1, -0.05) is 384 Å². The van der Waals surface area contributed by atoms with Crippen LogP contribution in [-0.2, 0) is 20.5 Å². The molecule has 0 radical (unpaired) electrons. The van der Waals surface area contributed by atoms with E-state index in [0.717, 1.165) is 6.42 Å². The van der Waals surface area contributed by atoms with Crippen LogP contribution >= 0.6 is 0 Å². The van der Waals surface area contributed by atoms with Crippen LogP contribution in [0.25, 0.3) is 122 Å². The zero-order chi connectivity index (χ0) is 79.1. The summed E-state index contributed by atoms with van der Waals surface area (Å²) in [6, 6.07) is 116. The minimum absolute atomic E-state index is 1.10. The minimum atomic E-state index is 1.10. The SMILES string of the molecule is CC.CC.CC.CC.CC.CC.CC.CC.CN(C)C.CN(C)C.Cn1c2ccccc2c2cc(-c3cccc(-c4ccccc4)c3)ccc21.Cn1c2ccccc2c2cc(-c3cccc(-c4ccccc4)c3)ccc21.c1ccc(-c2cccc(-c3ccccc3)c2)cc1.c1ccc2c(c1)Cc1ccccc1-2. The maximum Gasteiger partial charge on any atom is 0.0489 e. The number of fused-ring (bicyclic) bond motifs is 9. The molecule has 1 aliphatic carbocycles. The second kappa shape index (κ2) is 51.5.